The zero-order valence-corrected chi connectivity index (χ0v) is 11.1. The summed E-state index contributed by atoms with van der Waals surface area (Å²) in [6, 6.07) is 6.73. The van der Waals surface area contributed by atoms with Crippen LogP contribution in [0, 0.1) is 11.8 Å². The van der Waals surface area contributed by atoms with Crippen LogP contribution in [0.3, 0.4) is 0 Å². The summed E-state index contributed by atoms with van der Waals surface area (Å²) in [5.41, 5.74) is 1.14. The van der Waals surface area contributed by atoms with Crippen molar-refractivity contribution in [3.8, 4) is 11.5 Å². The van der Waals surface area contributed by atoms with E-state index in [-0.39, 0.29) is 0 Å². The first-order chi connectivity index (χ1) is 8.80. The maximum atomic E-state index is 5.34. The van der Waals surface area contributed by atoms with Crippen molar-refractivity contribution in [1.82, 2.24) is 0 Å². The van der Waals surface area contributed by atoms with Gasteiger partial charge in [-0.05, 0) is 43.2 Å². The lowest BCUT2D eigenvalue weighted by Crippen LogP contribution is -2.25. The number of ether oxygens (including phenoxy) is 2. The van der Waals surface area contributed by atoms with Gasteiger partial charge in [-0.2, -0.15) is 0 Å². The molecule has 3 rings (SSSR count). The molecule has 1 aromatic rings. The molecule has 2 fully saturated rings. The standard InChI is InChI=1S/C15H21NO2/c1-17-14-6-5-12(9-15(14)18-2)16-13-8-10-3-4-11(13)7-10/h5-6,9-11,13,16H,3-4,7-8H2,1-2H3/t10-,11-,13-/m1/s1. The summed E-state index contributed by atoms with van der Waals surface area (Å²) in [7, 11) is 3.35. The van der Waals surface area contributed by atoms with Gasteiger partial charge in [-0.25, -0.2) is 0 Å². The smallest absolute Gasteiger partial charge is 0.162 e. The van der Waals surface area contributed by atoms with Gasteiger partial charge < -0.3 is 14.8 Å². The molecular formula is C15H21NO2. The van der Waals surface area contributed by atoms with Gasteiger partial charge in [0.05, 0.1) is 14.2 Å². The van der Waals surface area contributed by atoms with Gasteiger partial charge in [0.2, 0.25) is 0 Å². The molecule has 0 amide bonds. The molecule has 98 valence electrons. The third-order valence-corrected chi connectivity index (χ3v) is 4.47. The highest BCUT2D eigenvalue weighted by atomic mass is 16.5. The van der Waals surface area contributed by atoms with Crippen molar-refractivity contribution in [1.29, 1.82) is 0 Å². The Morgan fingerprint density at radius 3 is 2.50 bits per heavy atom. The Morgan fingerprint density at radius 1 is 1.06 bits per heavy atom. The molecule has 2 aliphatic rings. The molecule has 0 aromatic heterocycles. The van der Waals surface area contributed by atoms with Crippen LogP contribution < -0.4 is 14.8 Å². The Hall–Kier alpha value is -1.38. The van der Waals surface area contributed by atoms with Gasteiger partial charge in [0.25, 0.3) is 0 Å². The summed E-state index contributed by atoms with van der Waals surface area (Å²) in [4.78, 5) is 0. The minimum Gasteiger partial charge on any atom is -0.493 e. The zero-order chi connectivity index (χ0) is 12.5. The summed E-state index contributed by atoms with van der Waals surface area (Å²) < 4.78 is 10.6. The van der Waals surface area contributed by atoms with Gasteiger partial charge in [-0.3, -0.25) is 0 Å². The molecule has 0 spiro atoms. The molecule has 0 heterocycles. The lowest BCUT2D eigenvalue weighted by atomic mass is 9.95. The maximum Gasteiger partial charge on any atom is 0.162 e. The van der Waals surface area contributed by atoms with Crippen LogP contribution in [0.4, 0.5) is 5.69 Å². The fourth-order valence-corrected chi connectivity index (χ4v) is 3.56. The van der Waals surface area contributed by atoms with Crippen LogP contribution in [0.15, 0.2) is 18.2 Å². The van der Waals surface area contributed by atoms with E-state index in [9.17, 15) is 0 Å². The third-order valence-electron chi connectivity index (χ3n) is 4.47. The Kier molecular flexibility index (Phi) is 3.06. The first-order valence-corrected chi connectivity index (χ1v) is 6.78. The van der Waals surface area contributed by atoms with E-state index in [1.54, 1.807) is 14.2 Å². The van der Waals surface area contributed by atoms with Gasteiger partial charge in [0.1, 0.15) is 0 Å². The second-order valence-corrected chi connectivity index (χ2v) is 5.50. The molecule has 1 N–H and O–H groups in total. The number of fused-ring (bicyclic) bond motifs is 2. The van der Waals surface area contributed by atoms with Gasteiger partial charge >= 0.3 is 0 Å². The molecular weight excluding hydrogens is 226 g/mol. The highest BCUT2D eigenvalue weighted by molar-refractivity contribution is 5.55. The van der Waals surface area contributed by atoms with Gasteiger partial charge in [0.15, 0.2) is 11.5 Å². The van der Waals surface area contributed by atoms with E-state index in [0.717, 1.165) is 29.0 Å². The van der Waals surface area contributed by atoms with E-state index in [1.165, 1.54) is 25.7 Å². The molecule has 1 aromatic carbocycles. The van der Waals surface area contributed by atoms with Gasteiger partial charge in [0, 0.05) is 17.8 Å². The molecule has 2 saturated carbocycles. The largest absolute Gasteiger partial charge is 0.493 e. The fraction of sp³-hybridized carbons (Fsp3) is 0.600. The Balaban J connectivity index is 1.73. The highest BCUT2D eigenvalue weighted by Gasteiger charge is 2.39. The van der Waals surface area contributed by atoms with Crippen LogP contribution >= 0.6 is 0 Å². The summed E-state index contributed by atoms with van der Waals surface area (Å²) >= 11 is 0. The average Bonchev–Trinajstić information content (AvgIpc) is 3.01. The van der Waals surface area contributed by atoms with Crippen LogP contribution in [-0.2, 0) is 0 Å². The van der Waals surface area contributed by atoms with Crippen molar-refractivity contribution >= 4 is 5.69 Å². The predicted molar refractivity (Wildman–Crippen MR) is 72.4 cm³/mol. The number of methoxy groups -OCH3 is 2. The second kappa shape index (κ2) is 4.71. The molecule has 3 nitrogen and oxygen atoms in total. The lowest BCUT2D eigenvalue weighted by Gasteiger charge is -2.24. The molecule has 3 heteroatoms. The molecule has 2 bridgehead atoms. The molecule has 18 heavy (non-hydrogen) atoms. The molecule has 0 aliphatic heterocycles. The number of benzene rings is 1. The molecule has 0 saturated heterocycles. The highest BCUT2D eigenvalue weighted by Crippen LogP contribution is 2.45. The fourth-order valence-electron chi connectivity index (χ4n) is 3.56. The van der Waals surface area contributed by atoms with Crippen molar-refractivity contribution in [2.24, 2.45) is 11.8 Å². The number of rotatable bonds is 4. The van der Waals surface area contributed by atoms with Crippen LogP contribution in [-0.4, -0.2) is 20.3 Å². The monoisotopic (exact) mass is 247 g/mol. The minimum atomic E-state index is 0.654. The summed E-state index contributed by atoms with van der Waals surface area (Å²) in [6.07, 6.45) is 5.59. The number of anilines is 1. The number of hydrogen-bond donors (Lipinski definition) is 1. The van der Waals surface area contributed by atoms with Crippen LogP contribution in [0.25, 0.3) is 0 Å². The summed E-state index contributed by atoms with van der Waals surface area (Å²) in [6.45, 7) is 0. The Bertz CT molecular complexity index is 433. The summed E-state index contributed by atoms with van der Waals surface area (Å²) in [5.74, 6) is 3.43. The number of nitrogens with one attached hydrogen (secondary N) is 1. The topological polar surface area (TPSA) is 30.5 Å². The maximum absolute atomic E-state index is 5.34. The molecule has 3 atom stereocenters. The van der Waals surface area contributed by atoms with E-state index in [1.807, 2.05) is 12.1 Å². The average molecular weight is 247 g/mol. The zero-order valence-electron chi connectivity index (χ0n) is 11.1. The number of hydrogen-bond acceptors (Lipinski definition) is 3. The van der Waals surface area contributed by atoms with Crippen molar-refractivity contribution in [3.63, 3.8) is 0 Å². The first-order valence-electron chi connectivity index (χ1n) is 6.78. The first kappa shape index (κ1) is 11.7. The lowest BCUT2D eigenvalue weighted by molar-refractivity contribution is 0.355. The van der Waals surface area contributed by atoms with Crippen molar-refractivity contribution in [2.45, 2.75) is 31.7 Å². The third kappa shape index (κ3) is 2.02. The molecule has 0 unspecified atom stereocenters. The van der Waals surface area contributed by atoms with Crippen LogP contribution in [0.2, 0.25) is 0 Å². The van der Waals surface area contributed by atoms with E-state index in [4.69, 9.17) is 9.47 Å². The quantitative estimate of drug-likeness (QED) is 0.885. The van der Waals surface area contributed by atoms with Crippen LogP contribution in [0.1, 0.15) is 25.7 Å². The molecule has 0 radical (unpaired) electrons. The molecule has 2 aliphatic carbocycles. The van der Waals surface area contributed by atoms with Gasteiger partial charge in [-0.15, -0.1) is 0 Å². The van der Waals surface area contributed by atoms with Crippen molar-refractivity contribution < 1.29 is 9.47 Å². The van der Waals surface area contributed by atoms with E-state index in [2.05, 4.69) is 11.4 Å². The minimum absolute atomic E-state index is 0.654. The van der Waals surface area contributed by atoms with Crippen molar-refractivity contribution in [3.05, 3.63) is 18.2 Å². The van der Waals surface area contributed by atoms with Gasteiger partial charge in [-0.1, -0.05) is 6.42 Å². The SMILES string of the molecule is COc1ccc(N[C@@H]2C[C@@H]3CC[C@@H]2C3)cc1OC. The van der Waals surface area contributed by atoms with Crippen molar-refractivity contribution in [2.75, 3.05) is 19.5 Å². The van der Waals surface area contributed by atoms with E-state index in [0.29, 0.717) is 6.04 Å². The Morgan fingerprint density at radius 2 is 1.89 bits per heavy atom. The normalized spacial score (nSPS) is 29.3. The summed E-state index contributed by atoms with van der Waals surface area (Å²) in [5, 5.41) is 3.66. The predicted octanol–water partition coefficient (Wildman–Crippen LogP) is 3.30. The van der Waals surface area contributed by atoms with Crippen LogP contribution in [0.5, 0.6) is 11.5 Å². The van der Waals surface area contributed by atoms with E-state index >= 15 is 0 Å². The van der Waals surface area contributed by atoms with E-state index < -0.39 is 0 Å². The Labute approximate surface area is 108 Å². The second-order valence-electron chi connectivity index (χ2n) is 5.50.